The molecule has 0 amide bonds. The van der Waals surface area contributed by atoms with Gasteiger partial charge in [0.05, 0.1) is 12.3 Å². The summed E-state index contributed by atoms with van der Waals surface area (Å²) >= 11 is 5.42. The van der Waals surface area contributed by atoms with E-state index in [0.29, 0.717) is 5.69 Å². The van der Waals surface area contributed by atoms with E-state index in [0.717, 1.165) is 0 Å². The molecule has 1 aromatic rings. The number of aromatic nitrogens is 1. The Bertz CT molecular complexity index is 242. The lowest BCUT2D eigenvalue weighted by Crippen LogP contribution is -1.87. The van der Waals surface area contributed by atoms with E-state index in [1.54, 1.807) is 0 Å². The predicted molar refractivity (Wildman–Crippen MR) is 59.5 cm³/mol. The number of nitrogens with zero attached hydrogens (tertiary/aromatic N) is 1. The van der Waals surface area contributed by atoms with Crippen LogP contribution in [0.15, 0.2) is 12.1 Å². The third kappa shape index (κ3) is 5.78. The van der Waals surface area contributed by atoms with Crippen LogP contribution in [-0.2, 0) is 6.61 Å². The second-order valence-electron chi connectivity index (χ2n) is 1.77. The molecule has 82 valence electrons. The summed E-state index contributed by atoms with van der Waals surface area (Å²) in [6, 6.07) is 2.89. The summed E-state index contributed by atoms with van der Waals surface area (Å²) in [5.74, 6) is -0.0705. The van der Waals surface area contributed by atoms with Gasteiger partial charge in [-0.15, -0.1) is 0 Å². The molecule has 0 aromatic carbocycles. The van der Waals surface area contributed by atoms with Crippen LogP contribution < -0.4 is 0 Å². The van der Waals surface area contributed by atoms with Gasteiger partial charge >= 0.3 is 0 Å². The molecule has 14 heavy (non-hydrogen) atoms. The molecule has 0 aliphatic rings. The molecule has 0 atom stereocenters. The third-order valence-corrected chi connectivity index (χ3v) is 1.33. The Morgan fingerprint density at radius 1 is 1.21 bits per heavy atom. The molecular weight excluding hydrogens is 202 g/mol. The number of hydrogen-bond donors (Lipinski definition) is 2. The second-order valence-corrected chi connectivity index (χ2v) is 2.13. The molecule has 4 heteroatoms. The number of halogens is 1. The van der Waals surface area contributed by atoms with E-state index in [4.69, 9.17) is 21.8 Å². The van der Waals surface area contributed by atoms with Crippen LogP contribution in [0.3, 0.4) is 0 Å². The summed E-state index contributed by atoms with van der Waals surface area (Å²) < 4.78 is 0. The molecule has 0 fully saturated rings. The van der Waals surface area contributed by atoms with Gasteiger partial charge < -0.3 is 10.2 Å². The van der Waals surface area contributed by atoms with Crippen molar-refractivity contribution in [3.63, 3.8) is 0 Å². The quantitative estimate of drug-likeness (QED) is 0.714. The van der Waals surface area contributed by atoms with Gasteiger partial charge in [0.25, 0.3) is 0 Å². The summed E-state index contributed by atoms with van der Waals surface area (Å²) in [5.41, 5.74) is 0.447. The predicted octanol–water partition coefficient (Wildman–Crippen LogP) is 2.99. The van der Waals surface area contributed by atoms with Gasteiger partial charge in [0, 0.05) is 0 Å². The van der Waals surface area contributed by atoms with Crippen molar-refractivity contribution in [2.75, 3.05) is 0 Å². The van der Waals surface area contributed by atoms with Gasteiger partial charge in [-0.25, -0.2) is 4.98 Å². The lowest BCUT2D eigenvalue weighted by atomic mass is 10.3. The van der Waals surface area contributed by atoms with Crippen LogP contribution in [0.1, 0.15) is 33.4 Å². The van der Waals surface area contributed by atoms with E-state index in [1.165, 1.54) is 12.1 Å². The van der Waals surface area contributed by atoms with Crippen molar-refractivity contribution in [1.29, 1.82) is 0 Å². The molecule has 0 aliphatic heterocycles. The topological polar surface area (TPSA) is 53.4 Å². The van der Waals surface area contributed by atoms with Crippen molar-refractivity contribution < 1.29 is 10.2 Å². The number of hydrogen-bond acceptors (Lipinski definition) is 3. The number of pyridine rings is 1. The minimum atomic E-state index is -0.167. The summed E-state index contributed by atoms with van der Waals surface area (Å²) in [5, 5.41) is 17.4. The zero-order valence-corrected chi connectivity index (χ0v) is 9.84. The highest BCUT2D eigenvalue weighted by Gasteiger charge is 1.98. The maximum atomic E-state index is 8.86. The monoisotopic (exact) mass is 219 g/mol. The summed E-state index contributed by atoms with van der Waals surface area (Å²) in [4.78, 5) is 3.66. The number of aliphatic hydroxyl groups is 1. The van der Waals surface area contributed by atoms with E-state index in [2.05, 4.69) is 4.98 Å². The van der Waals surface area contributed by atoms with Crippen molar-refractivity contribution in [2.24, 2.45) is 0 Å². The fraction of sp³-hybridized carbons (Fsp3) is 0.500. The largest absolute Gasteiger partial charge is 0.505 e. The lowest BCUT2D eigenvalue weighted by Gasteiger charge is -1.96. The van der Waals surface area contributed by atoms with Crippen LogP contribution in [0.4, 0.5) is 0 Å². The SMILES string of the molecule is CC.CC.OCc1ccc(O)c(Cl)n1. The zero-order chi connectivity index (χ0) is 11.6. The number of rotatable bonds is 1. The summed E-state index contributed by atoms with van der Waals surface area (Å²) in [7, 11) is 0. The Morgan fingerprint density at radius 3 is 2.07 bits per heavy atom. The first-order valence-corrected chi connectivity index (χ1v) is 5.07. The highest BCUT2D eigenvalue weighted by atomic mass is 35.5. The van der Waals surface area contributed by atoms with E-state index in [1.807, 2.05) is 27.7 Å². The molecule has 1 aromatic heterocycles. The Labute approximate surface area is 90.4 Å². The van der Waals surface area contributed by atoms with Crippen molar-refractivity contribution in [1.82, 2.24) is 4.98 Å². The van der Waals surface area contributed by atoms with Crippen molar-refractivity contribution in [3.8, 4) is 5.75 Å². The van der Waals surface area contributed by atoms with Crippen LogP contribution in [0.2, 0.25) is 5.15 Å². The Hall–Kier alpha value is -0.800. The highest BCUT2D eigenvalue weighted by molar-refractivity contribution is 6.30. The Kier molecular flexibility index (Phi) is 11.5. The molecule has 0 saturated heterocycles. The molecule has 0 saturated carbocycles. The molecule has 0 aliphatic carbocycles. The van der Waals surface area contributed by atoms with Crippen LogP contribution in [-0.4, -0.2) is 15.2 Å². The van der Waals surface area contributed by atoms with Crippen LogP contribution >= 0.6 is 11.6 Å². The van der Waals surface area contributed by atoms with Crippen LogP contribution in [0.5, 0.6) is 5.75 Å². The minimum absolute atomic E-state index is 0.0200. The van der Waals surface area contributed by atoms with Crippen molar-refractivity contribution in [2.45, 2.75) is 34.3 Å². The Morgan fingerprint density at radius 2 is 1.71 bits per heavy atom. The van der Waals surface area contributed by atoms with Gasteiger partial charge in [0.2, 0.25) is 0 Å². The molecule has 0 spiro atoms. The first-order chi connectivity index (χ1) is 6.74. The van der Waals surface area contributed by atoms with Gasteiger partial charge in [-0.1, -0.05) is 39.3 Å². The first kappa shape index (κ1) is 15.7. The molecule has 0 radical (unpaired) electrons. The molecule has 0 bridgehead atoms. The number of aliphatic hydroxyl groups excluding tert-OH is 1. The number of aromatic hydroxyl groups is 1. The van der Waals surface area contributed by atoms with Gasteiger partial charge in [-0.3, -0.25) is 0 Å². The first-order valence-electron chi connectivity index (χ1n) is 4.69. The van der Waals surface area contributed by atoms with E-state index >= 15 is 0 Å². The fourth-order valence-corrected chi connectivity index (χ4v) is 0.724. The average Bonchev–Trinajstić information content (AvgIpc) is 2.28. The Balaban J connectivity index is 0. The second kappa shape index (κ2) is 10.3. The van der Waals surface area contributed by atoms with E-state index in [9.17, 15) is 0 Å². The normalized spacial score (nSPS) is 7.86. The molecule has 2 N–H and O–H groups in total. The van der Waals surface area contributed by atoms with Crippen LogP contribution in [0, 0.1) is 0 Å². The van der Waals surface area contributed by atoms with Crippen molar-refractivity contribution in [3.05, 3.63) is 23.0 Å². The third-order valence-electron chi connectivity index (χ3n) is 1.05. The smallest absolute Gasteiger partial charge is 0.171 e. The standard InChI is InChI=1S/C6H6ClNO2.2C2H6/c7-6-5(10)2-1-4(3-9)8-6;2*1-2/h1-2,9-10H,3H2;2*1-2H3. The zero-order valence-electron chi connectivity index (χ0n) is 9.08. The van der Waals surface area contributed by atoms with Gasteiger partial charge in [0.1, 0.15) is 0 Å². The molecule has 1 heterocycles. The molecule has 0 unspecified atom stereocenters. The molecule has 1 rings (SSSR count). The van der Waals surface area contributed by atoms with Crippen molar-refractivity contribution >= 4 is 11.6 Å². The fourth-order valence-electron chi connectivity index (χ4n) is 0.553. The minimum Gasteiger partial charge on any atom is -0.505 e. The summed E-state index contributed by atoms with van der Waals surface area (Å²) in [6.45, 7) is 7.83. The van der Waals surface area contributed by atoms with Gasteiger partial charge in [0.15, 0.2) is 10.9 Å². The lowest BCUT2D eigenvalue weighted by molar-refractivity contribution is 0.276. The average molecular weight is 220 g/mol. The maximum Gasteiger partial charge on any atom is 0.171 e. The van der Waals surface area contributed by atoms with E-state index in [-0.39, 0.29) is 17.5 Å². The maximum absolute atomic E-state index is 8.86. The van der Waals surface area contributed by atoms with Gasteiger partial charge in [-0.2, -0.15) is 0 Å². The van der Waals surface area contributed by atoms with E-state index < -0.39 is 0 Å². The molecular formula is C10H18ClNO2. The van der Waals surface area contributed by atoms with Gasteiger partial charge in [-0.05, 0) is 12.1 Å². The summed E-state index contributed by atoms with van der Waals surface area (Å²) in [6.07, 6.45) is 0. The van der Waals surface area contributed by atoms with Crippen LogP contribution in [0.25, 0.3) is 0 Å². The highest BCUT2D eigenvalue weighted by Crippen LogP contribution is 2.19. The molecule has 3 nitrogen and oxygen atoms in total.